The average Bonchev–Trinajstić information content (AvgIpc) is 2.88. The summed E-state index contributed by atoms with van der Waals surface area (Å²) in [5, 5.41) is 9.30. The van der Waals surface area contributed by atoms with Gasteiger partial charge in [0.1, 0.15) is 6.04 Å². The maximum Gasteiger partial charge on any atom is 0.327 e. The molecule has 1 fully saturated rings. The molecule has 0 aromatic rings. The van der Waals surface area contributed by atoms with Crippen LogP contribution in [0.3, 0.4) is 0 Å². The van der Waals surface area contributed by atoms with Gasteiger partial charge in [-0.25, -0.2) is 9.59 Å². The van der Waals surface area contributed by atoms with Gasteiger partial charge >= 0.3 is 12.0 Å². The molecule has 122 valence electrons. The highest BCUT2D eigenvalue weighted by molar-refractivity contribution is 8.00. The van der Waals surface area contributed by atoms with Gasteiger partial charge in [0.05, 0.1) is 5.37 Å². The number of hydrogen-bond donors (Lipinski definition) is 1. The van der Waals surface area contributed by atoms with E-state index in [-0.39, 0.29) is 23.4 Å². The molecule has 0 aromatic carbocycles. The molecule has 0 spiro atoms. The van der Waals surface area contributed by atoms with Gasteiger partial charge in [-0.1, -0.05) is 13.8 Å². The minimum Gasteiger partial charge on any atom is -0.480 e. The second kappa shape index (κ2) is 8.17. The highest BCUT2D eigenvalue weighted by atomic mass is 32.2. The molecule has 0 saturated carbocycles. The highest BCUT2D eigenvalue weighted by Crippen LogP contribution is 2.35. The number of carbonyl (C=O) groups is 2. The minimum absolute atomic E-state index is 0.0613. The predicted molar refractivity (Wildman–Crippen MR) is 90.0 cm³/mol. The third kappa shape index (κ3) is 4.45. The zero-order chi connectivity index (χ0) is 16.2. The summed E-state index contributed by atoms with van der Waals surface area (Å²) < 4.78 is 0. The van der Waals surface area contributed by atoms with Crippen molar-refractivity contribution in [2.45, 2.75) is 44.6 Å². The lowest BCUT2D eigenvalue weighted by Crippen LogP contribution is -2.53. The molecule has 1 aliphatic heterocycles. The fourth-order valence-corrected chi connectivity index (χ4v) is 4.37. The Bertz CT molecular complexity index is 379. The Balaban J connectivity index is 2.85. The van der Waals surface area contributed by atoms with Gasteiger partial charge in [0.15, 0.2) is 0 Å². The van der Waals surface area contributed by atoms with Gasteiger partial charge < -0.3 is 10.0 Å². The molecule has 1 heterocycles. The number of nitrogens with zero attached hydrogens (tertiary/aromatic N) is 2. The molecule has 5 nitrogen and oxygen atoms in total. The van der Waals surface area contributed by atoms with E-state index >= 15 is 0 Å². The quantitative estimate of drug-likeness (QED) is 0.809. The standard InChI is InChI=1S/C14H26N2O3S2/c1-9(2)12-16(11(8-21-12)13(17)18)14(19)15(4)10(3)6-7-20-5/h9-12H,6-8H2,1-5H3,(H,17,18). The van der Waals surface area contributed by atoms with Crippen LogP contribution < -0.4 is 0 Å². The van der Waals surface area contributed by atoms with Crippen LogP contribution in [0, 0.1) is 5.92 Å². The molecule has 0 bridgehead atoms. The molecule has 21 heavy (non-hydrogen) atoms. The van der Waals surface area contributed by atoms with Crippen molar-refractivity contribution in [3.05, 3.63) is 0 Å². The van der Waals surface area contributed by atoms with Crippen molar-refractivity contribution >= 4 is 35.5 Å². The van der Waals surface area contributed by atoms with Crippen LogP contribution in [0.1, 0.15) is 27.2 Å². The van der Waals surface area contributed by atoms with Gasteiger partial charge in [-0.05, 0) is 31.3 Å². The van der Waals surface area contributed by atoms with E-state index in [1.807, 2.05) is 27.0 Å². The first-order valence-corrected chi connectivity index (χ1v) is 9.64. The average molecular weight is 335 g/mol. The lowest BCUT2D eigenvalue weighted by molar-refractivity contribution is -0.141. The van der Waals surface area contributed by atoms with Gasteiger partial charge in [-0.3, -0.25) is 4.90 Å². The normalized spacial score (nSPS) is 23.4. The fraction of sp³-hybridized carbons (Fsp3) is 0.857. The first-order valence-electron chi connectivity index (χ1n) is 7.19. The fourth-order valence-electron chi connectivity index (χ4n) is 2.33. The molecule has 1 aliphatic rings. The number of hydrogen-bond acceptors (Lipinski definition) is 4. The van der Waals surface area contributed by atoms with Gasteiger partial charge in [0, 0.05) is 18.8 Å². The van der Waals surface area contributed by atoms with Crippen molar-refractivity contribution in [2.75, 3.05) is 24.8 Å². The first-order chi connectivity index (χ1) is 9.81. The Morgan fingerprint density at radius 1 is 1.43 bits per heavy atom. The van der Waals surface area contributed by atoms with Gasteiger partial charge in [-0.15, -0.1) is 11.8 Å². The Labute approximate surface area is 135 Å². The summed E-state index contributed by atoms with van der Waals surface area (Å²) in [7, 11) is 1.77. The summed E-state index contributed by atoms with van der Waals surface area (Å²) in [5.74, 6) is 0.780. The third-order valence-corrected chi connectivity index (χ3v) is 6.08. The lowest BCUT2D eigenvalue weighted by Gasteiger charge is -2.35. The molecular weight excluding hydrogens is 308 g/mol. The van der Waals surface area contributed by atoms with E-state index in [1.165, 1.54) is 0 Å². The number of amides is 2. The van der Waals surface area contributed by atoms with Crippen LogP contribution >= 0.6 is 23.5 Å². The second-order valence-electron chi connectivity index (χ2n) is 5.75. The third-order valence-electron chi connectivity index (χ3n) is 3.81. The summed E-state index contributed by atoms with van der Waals surface area (Å²) >= 11 is 3.32. The van der Waals surface area contributed by atoms with Gasteiger partial charge in [-0.2, -0.15) is 11.8 Å². The molecule has 3 atom stereocenters. The summed E-state index contributed by atoms with van der Waals surface area (Å²) in [5.41, 5.74) is 0. The topological polar surface area (TPSA) is 60.9 Å². The number of carbonyl (C=O) groups excluding carboxylic acids is 1. The summed E-state index contributed by atoms with van der Waals surface area (Å²) in [6, 6.07) is -0.775. The van der Waals surface area contributed by atoms with Crippen LogP contribution in [-0.2, 0) is 4.79 Å². The maximum atomic E-state index is 12.7. The number of thioether (sulfide) groups is 2. The molecule has 2 amide bonds. The van der Waals surface area contributed by atoms with E-state index < -0.39 is 12.0 Å². The van der Waals surface area contributed by atoms with Crippen molar-refractivity contribution in [3.8, 4) is 0 Å². The number of rotatable bonds is 6. The van der Waals surface area contributed by atoms with Crippen molar-refractivity contribution < 1.29 is 14.7 Å². The monoisotopic (exact) mass is 334 g/mol. The molecule has 1 rings (SSSR count). The van der Waals surface area contributed by atoms with E-state index in [9.17, 15) is 14.7 Å². The Morgan fingerprint density at radius 2 is 2.05 bits per heavy atom. The summed E-state index contributed by atoms with van der Waals surface area (Å²) in [6.07, 6.45) is 2.95. The maximum absolute atomic E-state index is 12.7. The number of aliphatic carboxylic acids is 1. The number of carboxylic acid groups (broad SMARTS) is 1. The Hall–Kier alpha value is -0.560. The molecule has 0 radical (unpaired) electrons. The lowest BCUT2D eigenvalue weighted by atomic mass is 10.1. The highest BCUT2D eigenvalue weighted by Gasteiger charge is 2.44. The largest absolute Gasteiger partial charge is 0.480 e. The molecular formula is C14H26N2O3S2. The van der Waals surface area contributed by atoms with Gasteiger partial charge in [0.2, 0.25) is 0 Å². The van der Waals surface area contributed by atoms with E-state index in [0.29, 0.717) is 5.75 Å². The Morgan fingerprint density at radius 3 is 2.52 bits per heavy atom. The smallest absolute Gasteiger partial charge is 0.327 e. The molecule has 1 N–H and O–H groups in total. The van der Waals surface area contributed by atoms with Crippen LogP contribution in [-0.4, -0.2) is 69.2 Å². The molecule has 0 aliphatic carbocycles. The second-order valence-corrected chi connectivity index (χ2v) is 7.89. The van der Waals surface area contributed by atoms with Crippen molar-refractivity contribution in [1.82, 2.24) is 9.80 Å². The number of urea groups is 1. The zero-order valence-electron chi connectivity index (χ0n) is 13.4. The zero-order valence-corrected chi connectivity index (χ0v) is 15.0. The van der Waals surface area contributed by atoms with Crippen LogP contribution in [0.25, 0.3) is 0 Å². The molecule has 7 heteroatoms. The van der Waals surface area contributed by atoms with Crippen LogP contribution in [0.2, 0.25) is 0 Å². The molecule has 0 aromatic heterocycles. The van der Waals surface area contributed by atoms with E-state index in [2.05, 4.69) is 0 Å². The molecule has 1 saturated heterocycles. The Kier molecular flexibility index (Phi) is 7.20. The van der Waals surface area contributed by atoms with Crippen LogP contribution in [0.4, 0.5) is 4.79 Å². The molecule has 3 unspecified atom stereocenters. The van der Waals surface area contributed by atoms with Crippen molar-refractivity contribution in [3.63, 3.8) is 0 Å². The first kappa shape index (κ1) is 18.5. The SMILES string of the molecule is CSCCC(C)N(C)C(=O)N1C(C(=O)O)CSC1C(C)C. The minimum atomic E-state index is -0.913. The van der Waals surface area contributed by atoms with E-state index in [1.54, 1.807) is 40.4 Å². The van der Waals surface area contributed by atoms with Crippen molar-refractivity contribution in [1.29, 1.82) is 0 Å². The summed E-state index contributed by atoms with van der Waals surface area (Å²) in [4.78, 5) is 27.4. The number of carboxylic acids is 1. The van der Waals surface area contributed by atoms with Gasteiger partial charge in [0.25, 0.3) is 0 Å². The summed E-state index contributed by atoms with van der Waals surface area (Å²) in [6.45, 7) is 6.07. The van der Waals surface area contributed by atoms with E-state index in [4.69, 9.17) is 0 Å². The van der Waals surface area contributed by atoms with Crippen LogP contribution in [0.5, 0.6) is 0 Å². The van der Waals surface area contributed by atoms with Crippen molar-refractivity contribution in [2.24, 2.45) is 5.92 Å². The predicted octanol–water partition coefficient (Wildman–Crippen LogP) is 2.66. The van der Waals surface area contributed by atoms with E-state index in [0.717, 1.165) is 12.2 Å². The van der Waals surface area contributed by atoms with Crippen LogP contribution in [0.15, 0.2) is 0 Å².